The van der Waals surface area contributed by atoms with Gasteiger partial charge in [-0.05, 0) is 25.5 Å². The molecular weight excluding hydrogens is 375 g/mol. The van der Waals surface area contributed by atoms with Gasteiger partial charge in [-0.1, -0.05) is 32.3 Å². The molecule has 1 aromatic rings. The topological polar surface area (TPSA) is 49.3 Å². The molecule has 0 atom stereocenters. The van der Waals surface area contributed by atoms with Crippen LogP contribution in [0, 0.1) is 0 Å². The minimum atomic E-state index is 0. The van der Waals surface area contributed by atoms with Crippen LogP contribution in [0.5, 0.6) is 0 Å². The third-order valence-corrected chi connectivity index (χ3v) is 3.03. The van der Waals surface area contributed by atoms with Gasteiger partial charge in [-0.15, -0.1) is 24.0 Å². The Bertz CT molecular complexity index is 368. The molecule has 0 bridgehead atoms. The first-order chi connectivity index (χ1) is 9.86. The van der Waals surface area contributed by atoms with Crippen molar-refractivity contribution in [3.63, 3.8) is 0 Å². The van der Waals surface area contributed by atoms with Crippen LogP contribution in [0.15, 0.2) is 29.4 Å². The van der Waals surface area contributed by atoms with Crippen LogP contribution in [-0.4, -0.2) is 30.6 Å². The summed E-state index contributed by atoms with van der Waals surface area (Å²) < 4.78 is 0. The summed E-state index contributed by atoms with van der Waals surface area (Å²) in [5.74, 6) is 0.917. The highest BCUT2D eigenvalue weighted by atomic mass is 127. The zero-order valence-corrected chi connectivity index (χ0v) is 15.6. The molecule has 2 N–H and O–H groups in total. The maximum atomic E-state index is 4.59. The SMILES string of the molecule is CCCCCCN=C(NCC)NCCc1ccccn1.I. The number of hydrogen-bond donors (Lipinski definition) is 2. The number of guanidine groups is 1. The molecule has 0 saturated carbocycles. The summed E-state index contributed by atoms with van der Waals surface area (Å²) in [5, 5.41) is 6.64. The van der Waals surface area contributed by atoms with E-state index in [9.17, 15) is 0 Å². The molecular formula is C16H29IN4. The number of unbranched alkanes of at least 4 members (excludes halogenated alkanes) is 3. The molecule has 21 heavy (non-hydrogen) atoms. The van der Waals surface area contributed by atoms with Crippen LogP contribution < -0.4 is 10.6 Å². The Morgan fingerprint density at radius 1 is 1.14 bits per heavy atom. The molecule has 1 heterocycles. The third-order valence-electron chi connectivity index (χ3n) is 3.03. The Morgan fingerprint density at radius 2 is 2.00 bits per heavy atom. The van der Waals surface area contributed by atoms with Crippen molar-refractivity contribution < 1.29 is 0 Å². The highest BCUT2D eigenvalue weighted by Crippen LogP contribution is 1.98. The van der Waals surface area contributed by atoms with Crippen LogP contribution in [-0.2, 0) is 6.42 Å². The van der Waals surface area contributed by atoms with Crippen molar-refractivity contribution in [1.29, 1.82) is 0 Å². The second kappa shape index (κ2) is 14.1. The zero-order chi connectivity index (χ0) is 14.5. The van der Waals surface area contributed by atoms with Crippen LogP contribution in [0.2, 0.25) is 0 Å². The predicted molar refractivity (Wildman–Crippen MR) is 101 cm³/mol. The van der Waals surface area contributed by atoms with E-state index in [2.05, 4.69) is 40.5 Å². The summed E-state index contributed by atoms with van der Waals surface area (Å²) >= 11 is 0. The number of hydrogen-bond acceptors (Lipinski definition) is 2. The summed E-state index contributed by atoms with van der Waals surface area (Å²) in [6.07, 6.45) is 7.77. The van der Waals surface area contributed by atoms with Gasteiger partial charge in [0.1, 0.15) is 0 Å². The van der Waals surface area contributed by atoms with Crippen LogP contribution in [0.4, 0.5) is 0 Å². The average Bonchev–Trinajstić information content (AvgIpc) is 2.48. The van der Waals surface area contributed by atoms with E-state index in [1.165, 1.54) is 25.7 Å². The molecule has 0 aliphatic heterocycles. The fourth-order valence-electron chi connectivity index (χ4n) is 1.93. The van der Waals surface area contributed by atoms with Crippen molar-refractivity contribution in [2.45, 2.75) is 46.0 Å². The van der Waals surface area contributed by atoms with E-state index >= 15 is 0 Å². The van der Waals surface area contributed by atoms with Gasteiger partial charge in [0.25, 0.3) is 0 Å². The Hall–Kier alpha value is -0.850. The second-order valence-corrected chi connectivity index (χ2v) is 4.82. The molecule has 4 nitrogen and oxygen atoms in total. The molecule has 0 spiro atoms. The number of nitrogens with zero attached hydrogens (tertiary/aromatic N) is 2. The highest BCUT2D eigenvalue weighted by molar-refractivity contribution is 14.0. The maximum Gasteiger partial charge on any atom is 0.191 e. The fourth-order valence-corrected chi connectivity index (χ4v) is 1.93. The van der Waals surface area contributed by atoms with Crippen molar-refractivity contribution in [2.24, 2.45) is 4.99 Å². The first-order valence-electron chi connectivity index (χ1n) is 7.79. The van der Waals surface area contributed by atoms with Gasteiger partial charge in [0.15, 0.2) is 5.96 Å². The number of aliphatic imine (C=N–C) groups is 1. The summed E-state index contributed by atoms with van der Waals surface area (Å²) in [5.41, 5.74) is 1.11. The summed E-state index contributed by atoms with van der Waals surface area (Å²) in [4.78, 5) is 8.91. The molecule has 5 heteroatoms. The lowest BCUT2D eigenvalue weighted by Crippen LogP contribution is -2.38. The van der Waals surface area contributed by atoms with E-state index in [-0.39, 0.29) is 24.0 Å². The van der Waals surface area contributed by atoms with Crippen molar-refractivity contribution in [2.75, 3.05) is 19.6 Å². The van der Waals surface area contributed by atoms with Crippen molar-refractivity contribution in [3.8, 4) is 0 Å². The van der Waals surface area contributed by atoms with Crippen molar-refractivity contribution in [1.82, 2.24) is 15.6 Å². The van der Waals surface area contributed by atoms with E-state index in [0.29, 0.717) is 0 Å². The molecule has 0 saturated heterocycles. The number of aromatic nitrogens is 1. The lowest BCUT2D eigenvalue weighted by atomic mass is 10.2. The van der Waals surface area contributed by atoms with Gasteiger partial charge < -0.3 is 10.6 Å². The Morgan fingerprint density at radius 3 is 2.67 bits per heavy atom. The molecule has 0 unspecified atom stereocenters. The van der Waals surface area contributed by atoms with Crippen LogP contribution in [0.25, 0.3) is 0 Å². The number of pyridine rings is 1. The zero-order valence-electron chi connectivity index (χ0n) is 13.3. The monoisotopic (exact) mass is 404 g/mol. The fraction of sp³-hybridized carbons (Fsp3) is 0.625. The molecule has 0 aliphatic carbocycles. The molecule has 0 aliphatic rings. The third kappa shape index (κ3) is 10.5. The molecule has 0 amide bonds. The van der Waals surface area contributed by atoms with E-state index < -0.39 is 0 Å². The highest BCUT2D eigenvalue weighted by Gasteiger charge is 1.97. The van der Waals surface area contributed by atoms with Crippen LogP contribution in [0.3, 0.4) is 0 Å². The minimum absolute atomic E-state index is 0. The first-order valence-corrected chi connectivity index (χ1v) is 7.79. The number of halogens is 1. The quantitative estimate of drug-likeness (QED) is 0.287. The Kier molecular flexibility index (Phi) is 13.5. The standard InChI is InChI=1S/C16H28N4.HI/c1-3-5-6-8-13-19-16(17-4-2)20-14-11-15-10-7-9-12-18-15;/h7,9-10,12H,3-6,8,11,13-14H2,1-2H3,(H2,17,19,20);1H. The van der Waals surface area contributed by atoms with E-state index in [4.69, 9.17) is 0 Å². The Balaban J connectivity index is 0.00000400. The number of nitrogens with one attached hydrogen (secondary N) is 2. The van der Waals surface area contributed by atoms with Gasteiger partial charge in [0, 0.05) is 37.9 Å². The average molecular weight is 404 g/mol. The maximum absolute atomic E-state index is 4.59. The number of rotatable bonds is 9. The lowest BCUT2D eigenvalue weighted by Gasteiger charge is -2.11. The minimum Gasteiger partial charge on any atom is -0.357 e. The normalized spacial score (nSPS) is 10.9. The lowest BCUT2D eigenvalue weighted by molar-refractivity contribution is 0.670. The first kappa shape index (κ1) is 20.1. The predicted octanol–water partition coefficient (Wildman–Crippen LogP) is 3.38. The van der Waals surface area contributed by atoms with E-state index in [1.807, 2.05) is 18.3 Å². The van der Waals surface area contributed by atoms with Gasteiger partial charge in [-0.25, -0.2) is 0 Å². The van der Waals surface area contributed by atoms with Crippen molar-refractivity contribution in [3.05, 3.63) is 30.1 Å². The molecule has 1 aromatic heterocycles. The van der Waals surface area contributed by atoms with Gasteiger partial charge in [-0.2, -0.15) is 0 Å². The van der Waals surface area contributed by atoms with Crippen molar-refractivity contribution >= 4 is 29.9 Å². The Labute approximate surface area is 146 Å². The van der Waals surface area contributed by atoms with Gasteiger partial charge >= 0.3 is 0 Å². The smallest absolute Gasteiger partial charge is 0.191 e. The molecule has 1 rings (SSSR count). The molecule has 0 aromatic carbocycles. The van der Waals surface area contributed by atoms with Gasteiger partial charge in [-0.3, -0.25) is 9.98 Å². The van der Waals surface area contributed by atoms with E-state index in [1.54, 1.807) is 0 Å². The van der Waals surface area contributed by atoms with Gasteiger partial charge in [0.05, 0.1) is 0 Å². The van der Waals surface area contributed by atoms with Crippen LogP contribution >= 0.6 is 24.0 Å². The largest absolute Gasteiger partial charge is 0.357 e. The molecule has 0 radical (unpaired) electrons. The molecule has 120 valence electrons. The summed E-state index contributed by atoms with van der Waals surface area (Å²) in [6.45, 7) is 6.97. The summed E-state index contributed by atoms with van der Waals surface area (Å²) in [7, 11) is 0. The van der Waals surface area contributed by atoms with Gasteiger partial charge in [0.2, 0.25) is 0 Å². The summed E-state index contributed by atoms with van der Waals surface area (Å²) in [6, 6.07) is 6.02. The van der Waals surface area contributed by atoms with Crippen LogP contribution in [0.1, 0.15) is 45.2 Å². The molecule has 0 fully saturated rings. The second-order valence-electron chi connectivity index (χ2n) is 4.82. The van der Waals surface area contributed by atoms with E-state index in [0.717, 1.165) is 37.7 Å².